The Morgan fingerprint density at radius 3 is 2.40 bits per heavy atom. The highest BCUT2D eigenvalue weighted by molar-refractivity contribution is 6.22. The number of unbranched alkanes of at least 4 members (excludes halogenated alkanes) is 7. The van der Waals surface area contributed by atoms with E-state index in [1.165, 1.54) is 56.1 Å². The van der Waals surface area contributed by atoms with Gasteiger partial charge in [-0.05, 0) is 60.4 Å². The van der Waals surface area contributed by atoms with E-state index >= 15 is 0 Å². The van der Waals surface area contributed by atoms with Crippen LogP contribution in [0, 0.1) is 0 Å². The fourth-order valence-corrected chi connectivity index (χ4v) is 4.61. The summed E-state index contributed by atoms with van der Waals surface area (Å²) in [5.74, 6) is -1.30. The molecule has 0 fully saturated rings. The number of imide groups is 1. The topological polar surface area (TPSA) is 72.5 Å². The SMILES string of the molecule is C=CCCCCCCCCCc1ccc(COC(=O)Cc2cccc3c2C(=O)NC3=O)c(CC)c1. The van der Waals surface area contributed by atoms with E-state index in [9.17, 15) is 14.4 Å². The molecule has 0 aromatic heterocycles. The summed E-state index contributed by atoms with van der Waals surface area (Å²) in [6.45, 7) is 6.08. The lowest BCUT2D eigenvalue weighted by molar-refractivity contribution is -0.144. The molecule has 3 rings (SSSR count). The van der Waals surface area contributed by atoms with Gasteiger partial charge in [-0.15, -0.1) is 6.58 Å². The molecular weight excluding hydrogens is 438 g/mol. The lowest BCUT2D eigenvalue weighted by Crippen LogP contribution is -2.20. The average Bonchev–Trinajstić information content (AvgIpc) is 3.16. The highest BCUT2D eigenvalue weighted by Gasteiger charge is 2.29. The van der Waals surface area contributed by atoms with Crippen molar-refractivity contribution in [2.24, 2.45) is 0 Å². The summed E-state index contributed by atoms with van der Waals surface area (Å²) in [4.78, 5) is 36.4. The number of ether oxygens (including phenoxy) is 1. The fraction of sp³-hybridized carbons (Fsp3) is 0.433. The molecule has 0 saturated heterocycles. The van der Waals surface area contributed by atoms with Gasteiger partial charge in [0.2, 0.25) is 0 Å². The molecule has 1 aliphatic rings. The van der Waals surface area contributed by atoms with Gasteiger partial charge in [-0.2, -0.15) is 0 Å². The monoisotopic (exact) mass is 475 g/mol. The number of amides is 2. The van der Waals surface area contributed by atoms with Crippen molar-refractivity contribution in [3.8, 4) is 0 Å². The maximum atomic E-state index is 12.5. The van der Waals surface area contributed by atoms with E-state index in [0.717, 1.165) is 24.8 Å². The normalized spacial score (nSPS) is 12.4. The maximum Gasteiger partial charge on any atom is 0.310 e. The van der Waals surface area contributed by atoms with Crippen molar-refractivity contribution in [1.82, 2.24) is 5.32 Å². The van der Waals surface area contributed by atoms with Crippen LogP contribution in [0.1, 0.15) is 101 Å². The Kier molecular flexibility index (Phi) is 10.3. The van der Waals surface area contributed by atoms with Crippen LogP contribution in [0.5, 0.6) is 0 Å². The van der Waals surface area contributed by atoms with Gasteiger partial charge >= 0.3 is 5.97 Å². The molecule has 5 heteroatoms. The van der Waals surface area contributed by atoms with Crippen LogP contribution in [-0.4, -0.2) is 17.8 Å². The largest absolute Gasteiger partial charge is 0.461 e. The zero-order valence-electron chi connectivity index (χ0n) is 20.9. The van der Waals surface area contributed by atoms with Gasteiger partial charge in [0.25, 0.3) is 11.8 Å². The van der Waals surface area contributed by atoms with E-state index in [0.29, 0.717) is 11.1 Å². The van der Waals surface area contributed by atoms with Crippen molar-refractivity contribution in [3.05, 3.63) is 82.4 Å². The quantitative estimate of drug-likeness (QED) is 0.143. The summed E-state index contributed by atoms with van der Waals surface area (Å²) in [5.41, 5.74) is 4.64. The van der Waals surface area contributed by atoms with Crippen LogP contribution in [0.15, 0.2) is 49.1 Å². The number of aryl methyl sites for hydroxylation is 2. The molecule has 1 heterocycles. The van der Waals surface area contributed by atoms with Gasteiger partial charge in [-0.1, -0.05) is 75.4 Å². The van der Waals surface area contributed by atoms with Crippen LogP contribution < -0.4 is 5.32 Å². The first kappa shape index (κ1) is 26.4. The number of hydrogen-bond acceptors (Lipinski definition) is 4. The van der Waals surface area contributed by atoms with Gasteiger partial charge in [0, 0.05) is 0 Å². The second-order valence-corrected chi connectivity index (χ2v) is 9.22. The minimum absolute atomic E-state index is 0.0440. The molecule has 2 aromatic rings. The maximum absolute atomic E-state index is 12.5. The standard InChI is InChI=1S/C30H37NO4/c1-3-5-6-7-8-9-10-11-12-14-22-17-18-25(23(4-2)19-22)21-35-27(32)20-24-15-13-16-26-28(24)30(34)31-29(26)33/h3,13,15-19H,1,4-12,14,20-21H2,2H3,(H,31,33,34). The molecule has 0 spiro atoms. The van der Waals surface area contributed by atoms with Crippen molar-refractivity contribution >= 4 is 17.8 Å². The molecule has 0 unspecified atom stereocenters. The van der Waals surface area contributed by atoms with Crippen LogP contribution in [0.2, 0.25) is 0 Å². The second-order valence-electron chi connectivity index (χ2n) is 9.22. The van der Waals surface area contributed by atoms with Crippen molar-refractivity contribution in [3.63, 3.8) is 0 Å². The van der Waals surface area contributed by atoms with Crippen molar-refractivity contribution in [1.29, 1.82) is 0 Å². The Morgan fingerprint density at radius 2 is 1.66 bits per heavy atom. The predicted molar refractivity (Wildman–Crippen MR) is 138 cm³/mol. The molecule has 2 aromatic carbocycles. The third-order valence-electron chi connectivity index (χ3n) is 6.60. The number of carbonyl (C=O) groups excluding carboxylic acids is 3. The van der Waals surface area contributed by atoms with Crippen molar-refractivity contribution in [2.75, 3.05) is 0 Å². The van der Waals surface area contributed by atoms with Crippen molar-refractivity contribution < 1.29 is 19.1 Å². The zero-order valence-corrected chi connectivity index (χ0v) is 20.9. The Morgan fingerprint density at radius 1 is 0.914 bits per heavy atom. The molecule has 0 atom stereocenters. The number of nitrogens with one attached hydrogen (secondary N) is 1. The number of esters is 1. The first-order valence-electron chi connectivity index (χ1n) is 12.9. The molecule has 2 amide bonds. The smallest absolute Gasteiger partial charge is 0.310 e. The molecule has 0 radical (unpaired) electrons. The predicted octanol–water partition coefficient (Wildman–Crippen LogP) is 6.27. The molecule has 1 aliphatic heterocycles. The van der Waals surface area contributed by atoms with Gasteiger partial charge in [0.1, 0.15) is 6.61 Å². The molecule has 1 N–H and O–H groups in total. The first-order chi connectivity index (χ1) is 17.0. The van der Waals surface area contributed by atoms with Crippen LogP contribution >= 0.6 is 0 Å². The highest BCUT2D eigenvalue weighted by atomic mass is 16.5. The molecular formula is C30H37NO4. The number of carbonyl (C=O) groups is 3. The van der Waals surface area contributed by atoms with E-state index < -0.39 is 17.8 Å². The van der Waals surface area contributed by atoms with Gasteiger partial charge < -0.3 is 4.74 Å². The third-order valence-corrected chi connectivity index (χ3v) is 6.60. The van der Waals surface area contributed by atoms with E-state index in [1.807, 2.05) is 6.08 Å². The summed E-state index contributed by atoms with van der Waals surface area (Å²) in [6.07, 6.45) is 14.0. The highest BCUT2D eigenvalue weighted by Crippen LogP contribution is 2.22. The molecule has 0 bridgehead atoms. The Balaban J connectivity index is 1.44. The minimum atomic E-state index is -0.458. The number of benzene rings is 2. The molecule has 0 saturated carbocycles. The summed E-state index contributed by atoms with van der Waals surface area (Å²) < 4.78 is 5.54. The van der Waals surface area contributed by atoms with Crippen LogP contribution in [-0.2, 0) is 35.4 Å². The van der Waals surface area contributed by atoms with Crippen LogP contribution in [0.25, 0.3) is 0 Å². The lowest BCUT2D eigenvalue weighted by atomic mass is 9.98. The summed E-state index contributed by atoms with van der Waals surface area (Å²) in [5, 5.41) is 2.27. The lowest BCUT2D eigenvalue weighted by Gasteiger charge is -2.12. The fourth-order valence-electron chi connectivity index (χ4n) is 4.61. The van der Waals surface area contributed by atoms with E-state index in [2.05, 4.69) is 37.0 Å². The Labute approximate surface area is 209 Å². The Bertz CT molecular complexity index is 1060. The van der Waals surface area contributed by atoms with Crippen LogP contribution in [0.3, 0.4) is 0 Å². The second kappa shape index (κ2) is 13.6. The van der Waals surface area contributed by atoms with Gasteiger partial charge in [-0.25, -0.2) is 0 Å². The zero-order chi connectivity index (χ0) is 25.0. The van der Waals surface area contributed by atoms with E-state index in [4.69, 9.17) is 4.74 Å². The first-order valence-corrected chi connectivity index (χ1v) is 12.9. The molecule has 5 nitrogen and oxygen atoms in total. The van der Waals surface area contributed by atoms with Gasteiger partial charge in [-0.3, -0.25) is 19.7 Å². The molecule has 186 valence electrons. The van der Waals surface area contributed by atoms with Gasteiger partial charge in [0.15, 0.2) is 0 Å². The summed E-state index contributed by atoms with van der Waals surface area (Å²) in [7, 11) is 0. The van der Waals surface area contributed by atoms with Crippen LogP contribution in [0.4, 0.5) is 0 Å². The minimum Gasteiger partial charge on any atom is -0.461 e. The number of allylic oxidation sites excluding steroid dienone is 1. The van der Waals surface area contributed by atoms with E-state index in [1.54, 1.807) is 18.2 Å². The average molecular weight is 476 g/mol. The molecule has 35 heavy (non-hydrogen) atoms. The third kappa shape index (κ3) is 7.64. The molecule has 0 aliphatic carbocycles. The van der Waals surface area contributed by atoms with E-state index in [-0.39, 0.29) is 18.6 Å². The summed E-state index contributed by atoms with van der Waals surface area (Å²) >= 11 is 0. The number of fused-ring (bicyclic) bond motifs is 1. The Hall–Kier alpha value is -3.21. The van der Waals surface area contributed by atoms with Gasteiger partial charge in [0.05, 0.1) is 17.5 Å². The van der Waals surface area contributed by atoms with Crippen molar-refractivity contribution in [2.45, 2.75) is 84.2 Å². The number of hydrogen-bond donors (Lipinski definition) is 1. The number of rotatable bonds is 15. The summed E-state index contributed by atoms with van der Waals surface area (Å²) in [6, 6.07) is 11.4.